The van der Waals surface area contributed by atoms with Gasteiger partial charge < -0.3 is 20.1 Å². The Morgan fingerprint density at radius 1 is 1.29 bits per heavy atom. The topological polar surface area (TPSA) is 104 Å². The van der Waals surface area contributed by atoms with Crippen LogP contribution < -0.4 is 5.32 Å². The summed E-state index contributed by atoms with van der Waals surface area (Å²) < 4.78 is 43.9. The van der Waals surface area contributed by atoms with Crippen LogP contribution in [0.5, 0.6) is 0 Å². The second-order valence-electron chi connectivity index (χ2n) is 6.59. The van der Waals surface area contributed by atoms with E-state index in [0.717, 1.165) is 12.1 Å². The number of aromatic nitrogens is 2. The van der Waals surface area contributed by atoms with Crippen molar-refractivity contribution in [2.24, 2.45) is 0 Å². The van der Waals surface area contributed by atoms with E-state index in [-0.39, 0.29) is 43.1 Å². The second kappa shape index (κ2) is 7.27. The summed E-state index contributed by atoms with van der Waals surface area (Å²) in [4.78, 5) is 31.2. The smallest absolute Gasteiger partial charge is 0.416 e. The Hall–Kier alpha value is -2.88. The Balaban J connectivity index is 1.88. The number of carbonyl (C=O) groups is 2. The molecule has 0 radical (unpaired) electrons. The summed E-state index contributed by atoms with van der Waals surface area (Å²) in [5.41, 5.74) is -1.89. The number of alkyl halides is 3. The Labute approximate surface area is 157 Å². The maximum Gasteiger partial charge on any atom is 0.416 e. The first-order valence-electron chi connectivity index (χ1n) is 8.50. The number of halogens is 3. The third-order valence-corrected chi connectivity index (χ3v) is 4.67. The van der Waals surface area contributed by atoms with Crippen LogP contribution in [0, 0.1) is 6.92 Å². The fourth-order valence-corrected chi connectivity index (χ4v) is 3.05. The molecule has 1 aromatic carbocycles. The predicted octanol–water partition coefficient (Wildman–Crippen LogP) is 2.77. The molecule has 1 fully saturated rings. The number of aliphatic carboxylic acids is 1. The monoisotopic (exact) mass is 397 g/mol. The van der Waals surface area contributed by atoms with Gasteiger partial charge >= 0.3 is 12.1 Å². The van der Waals surface area contributed by atoms with Crippen LogP contribution >= 0.6 is 0 Å². The molecule has 2 aromatic rings. The van der Waals surface area contributed by atoms with Crippen LogP contribution in [0.3, 0.4) is 0 Å². The molecule has 150 valence electrons. The number of carbonyl (C=O) groups excluding carboxylic acids is 1. The zero-order valence-corrected chi connectivity index (χ0v) is 14.9. The van der Waals surface area contributed by atoms with Gasteiger partial charge in [-0.15, -0.1) is 0 Å². The number of benzene rings is 1. The van der Waals surface area contributed by atoms with Gasteiger partial charge in [0.25, 0.3) is 5.91 Å². The molecule has 0 saturated carbocycles. The van der Waals surface area contributed by atoms with Crippen LogP contribution in [0.15, 0.2) is 24.3 Å². The minimum absolute atomic E-state index is 0.0699. The molecule has 0 spiro atoms. The number of aromatic amines is 1. The van der Waals surface area contributed by atoms with Crippen LogP contribution in [0.2, 0.25) is 0 Å². The van der Waals surface area contributed by atoms with Crippen molar-refractivity contribution < 1.29 is 32.6 Å². The standard InChI is InChI=1S/C18H18F3N3O4/c1-10-13(15(25)24-17(16(26)27)5-7-28-8-6-17)23-14(22-10)11-3-2-4-12(9-11)18(19,20)21/h2-4,9H,5-8H2,1H3,(H,22,23)(H,24,25)(H,26,27). The summed E-state index contributed by atoms with van der Waals surface area (Å²) in [5.74, 6) is -1.79. The van der Waals surface area contributed by atoms with E-state index < -0.39 is 29.2 Å². The highest BCUT2D eigenvalue weighted by Gasteiger charge is 2.42. The molecule has 0 bridgehead atoms. The maximum atomic E-state index is 12.9. The summed E-state index contributed by atoms with van der Waals surface area (Å²) in [5, 5.41) is 12.0. The van der Waals surface area contributed by atoms with E-state index >= 15 is 0 Å². The lowest BCUT2D eigenvalue weighted by atomic mass is 9.90. The van der Waals surface area contributed by atoms with Gasteiger partial charge in [0.2, 0.25) is 0 Å². The number of rotatable bonds is 4. The molecule has 10 heteroatoms. The number of nitrogens with zero attached hydrogens (tertiary/aromatic N) is 1. The fourth-order valence-electron chi connectivity index (χ4n) is 3.05. The first kappa shape index (κ1) is 19.9. The Morgan fingerprint density at radius 3 is 2.57 bits per heavy atom. The van der Waals surface area contributed by atoms with E-state index in [0.29, 0.717) is 5.69 Å². The van der Waals surface area contributed by atoms with Crippen LogP contribution in [-0.2, 0) is 15.7 Å². The highest BCUT2D eigenvalue weighted by Crippen LogP contribution is 2.32. The molecule has 0 aliphatic carbocycles. The molecular weight excluding hydrogens is 379 g/mol. The highest BCUT2D eigenvalue weighted by molar-refractivity contribution is 5.97. The first-order valence-corrected chi connectivity index (χ1v) is 8.50. The van der Waals surface area contributed by atoms with Gasteiger partial charge in [-0.2, -0.15) is 13.2 Å². The van der Waals surface area contributed by atoms with E-state index in [1.54, 1.807) is 0 Å². The predicted molar refractivity (Wildman–Crippen MR) is 91.6 cm³/mol. The van der Waals surface area contributed by atoms with E-state index in [2.05, 4.69) is 15.3 Å². The minimum atomic E-state index is -4.51. The molecule has 1 aliphatic rings. The Bertz CT molecular complexity index is 902. The quantitative estimate of drug-likeness (QED) is 0.736. The summed E-state index contributed by atoms with van der Waals surface area (Å²) in [6.45, 7) is 1.93. The zero-order valence-electron chi connectivity index (χ0n) is 14.9. The largest absolute Gasteiger partial charge is 0.480 e. The van der Waals surface area contributed by atoms with Crippen molar-refractivity contribution in [3.05, 3.63) is 41.2 Å². The van der Waals surface area contributed by atoms with Crippen molar-refractivity contribution in [3.63, 3.8) is 0 Å². The van der Waals surface area contributed by atoms with Crippen molar-refractivity contribution in [1.82, 2.24) is 15.3 Å². The van der Waals surface area contributed by atoms with Crippen LogP contribution in [0.25, 0.3) is 11.4 Å². The number of carboxylic acid groups (broad SMARTS) is 1. The average molecular weight is 397 g/mol. The zero-order chi connectivity index (χ0) is 20.5. The molecule has 0 atom stereocenters. The molecule has 0 unspecified atom stereocenters. The van der Waals surface area contributed by atoms with E-state index in [1.165, 1.54) is 19.1 Å². The fraction of sp³-hybridized carbons (Fsp3) is 0.389. The van der Waals surface area contributed by atoms with E-state index in [4.69, 9.17) is 4.74 Å². The lowest BCUT2D eigenvalue weighted by Crippen LogP contribution is -2.57. The Kier molecular flexibility index (Phi) is 5.16. The molecule has 3 rings (SSSR count). The SMILES string of the molecule is Cc1[nH]c(-c2cccc(C(F)(F)F)c2)nc1C(=O)NC1(C(=O)O)CCOCC1. The van der Waals surface area contributed by atoms with Crippen molar-refractivity contribution >= 4 is 11.9 Å². The summed E-state index contributed by atoms with van der Waals surface area (Å²) in [7, 11) is 0. The number of ether oxygens (including phenoxy) is 1. The molecule has 1 aliphatic heterocycles. The normalized spacial score (nSPS) is 16.6. The van der Waals surface area contributed by atoms with Gasteiger partial charge in [-0.1, -0.05) is 12.1 Å². The van der Waals surface area contributed by atoms with Crippen LogP contribution in [-0.4, -0.2) is 45.7 Å². The van der Waals surface area contributed by atoms with Gasteiger partial charge in [0.05, 0.1) is 5.56 Å². The van der Waals surface area contributed by atoms with Gasteiger partial charge in [-0.3, -0.25) is 4.79 Å². The molecule has 1 saturated heterocycles. The van der Waals surface area contributed by atoms with Crippen molar-refractivity contribution in [3.8, 4) is 11.4 Å². The summed E-state index contributed by atoms with van der Waals surface area (Å²) >= 11 is 0. The molecule has 7 nitrogen and oxygen atoms in total. The highest BCUT2D eigenvalue weighted by atomic mass is 19.4. The molecule has 1 amide bonds. The number of H-pyrrole nitrogens is 1. The van der Waals surface area contributed by atoms with Crippen LogP contribution in [0.1, 0.15) is 34.6 Å². The number of hydrogen-bond donors (Lipinski definition) is 3. The van der Waals surface area contributed by atoms with Crippen molar-refractivity contribution in [2.45, 2.75) is 31.5 Å². The number of aryl methyl sites for hydroxylation is 1. The number of amides is 1. The lowest BCUT2D eigenvalue weighted by molar-refractivity contribution is -0.148. The van der Waals surface area contributed by atoms with Gasteiger partial charge in [-0.25, -0.2) is 9.78 Å². The lowest BCUT2D eigenvalue weighted by Gasteiger charge is -2.33. The molecule has 2 heterocycles. The van der Waals surface area contributed by atoms with E-state index in [1.807, 2.05) is 0 Å². The summed E-state index contributed by atoms with van der Waals surface area (Å²) in [6.07, 6.45) is -4.29. The third kappa shape index (κ3) is 3.86. The number of hydrogen-bond acceptors (Lipinski definition) is 4. The molecule has 28 heavy (non-hydrogen) atoms. The number of nitrogens with one attached hydrogen (secondary N) is 2. The second-order valence-corrected chi connectivity index (χ2v) is 6.59. The maximum absolute atomic E-state index is 12.9. The first-order chi connectivity index (χ1) is 13.1. The van der Waals surface area contributed by atoms with E-state index in [9.17, 15) is 27.9 Å². The van der Waals surface area contributed by atoms with Crippen LogP contribution in [0.4, 0.5) is 13.2 Å². The number of imidazole rings is 1. The van der Waals surface area contributed by atoms with Crippen molar-refractivity contribution in [1.29, 1.82) is 0 Å². The third-order valence-electron chi connectivity index (χ3n) is 4.67. The van der Waals surface area contributed by atoms with Crippen molar-refractivity contribution in [2.75, 3.05) is 13.2 Å². The van der Waals surface area contributed by atoms with Gasteiger partial charge in [0, 0.05) is 37.3 Å². The minimum Gasteiger partial charge on any atom is -0.480 e. The van der Waals surface area contributed by atoms with Gasteiger partial charge in [0.15, 0.2) is 0 Å². The molecule has 3 N–H and O–H groups in total. The van der Waals surface area contributed by atoms with Gasteiger partial charge in [-0.05, 0) is 19.1 Å². The number of carboxylic acids is 1. The molecule has 1 aromatic heterocycles. The molecular formula is C18H18F3N3O4. The van der Waals surface area contributed by atoms with Gasteiger partial charge in [0.1, 0.15) is 17.1 Å². The summed E-state index contributed by atoms with van der Waals surface area (Å²) in [6, 6.07) is 4.55. The average Bonchev–Trinajstić information content (AvgIpc) is 3.04. The Morgan fingerprint density at radius 2 is 1.96 bits per heavy atom.